The van der Waals surface area contributed by atoms with E-state index in [1.165, 1.54) is 22.8 Å². The minimum atomic E-state index is -0.491. The average molecular weight is 344 g/mol. The molecule has 0 N–H and O–H groups in total. The minimum absolute atomic E-state index is 0.0590. The zero-order chi connectivity index (χ0) is 14.0. The molecule has 0 fully saturated rings. The first-order chi connectivity index (χ1) is 8.99. The quantitative estimate of drug-likeness (QED) is 0.635. The molecule has 1 aromatic heterocycles. The predicted molar refractivity (Wildman–Crippen MR) is 75.6 cm³/mol. The van der Waals surface area contributed by atoms with Crippen LogP contribution in [0.25, 0.3) is 0 Å². The predicted octanol–water partition coefficient (Wildman–Crippen LogP) is 3.22. The van der Waals surface area contributed by atoms with Gasteiger partial charge >= 0.3 is 0 Å². The van der Waals surface area contributed by atoms with Crippen LogP contribution in [-0.2, 0) is 6.54 Å². The second-order valence-electron chi connectivity index (χ2n) is 3.82. The van der Waals surface area contributed by atoms with Crippen molar-refractivity contribution in [2.75, 3.05) is 0 Å². The van der Waals surface area contributed by atoms with Crippen molar-refractivity contribution in [2.24, 2.45) is 0 Å². The molecule has 5 nitrogen and oxygen atoms in total. The number of rotatable bonds is 3. The summed E-state index contributed by atoms with van der Waals surface area (Å²) in [6.07, 6.45) is 1.57. The van der Waals surface area contributed by atoms with E-state index in [-0.39, 0.29) is 17.8 Å². The highest BCUT2D eigenvalue weighted by Crippen LogP contribution is 2.23. The molecule has 1 heterocycles. The molecule has 1 aromatic carbocycles. The number of nitro benzene ring substituents is 1. The summed E-state index contributed by atoms with van der Waals surface area (Å²) in [6.45, 7) is 0.0924. The van der Waals surface area contributed by atoms with E-state index in [2.05, 4.69) is 15.9 Å². The van der Waals surface area contributed by atoms with Crippen molar-refractivity contribution < 1.29 is 4.92 Å². The van der Waals surface area contributed by atoms with Gasteiger partial charge in [-0.1, -0.05) is 11.6 Å². The first-order valence-electron chi connectivity index (χ1n) is 5.27. The topological polar surface area (TPSA) is 65.1 Å². The van der Waals surface area contributed by atoms with Gasteiger partial charge in [-0.05, 0) is 40.2 Å². The van der Waals surface area contributed by atoms with E-state index >= 15 is 0 Å². The smallest absolute Gasteiger partial charge is 0.274 e. The fourth-order valence-corrected chi connectivity index (χ4v) is 2.25. The van der Waals surface area contributed by atoms with E-state index in [1.54, 1.807) is 18.3 Å². The molecule has 0 radical (unpaired) electrons. The lowest BCUT2D eigenvalue weighted by atomic mass is 10.2. The van der Waals surface area contributed by atoms with Crippen LogP contribution < -0.4 is 5.56 Å². The molecule has 19 heavy (non-hydrogen) atoms. The number of hydrogen-bond acceptors (Lipinski definition) is 3. The molecule has 0 spiro atoms. The number of nitrogens with zero attached hydrogens (tertiary/aromatic N) is 2. The van der Waals surface area contributed by atoms with E-state index < -0.39 is 4.92 Å². The van der Waals surface area contributed by atoms with E-state index in [0.717, 1.165) is 0 Å². The van der Waals surface area contributed by atoms with Gasteiger partial charge in [0.1, 0.15) is 0 Å². The summed E-state index contributed by atoms with van der Waals surface area (Å²) in [6, 6.07) is 7.58. The zero-order valence-electron chi connectivity index (χ0n) is 9.55. The minimum Gasteiger partial charge on any atom is -0.310 e. The van der Waals surface area contributed by atoms with Gasteiger partial charge in [0.2, 0.25) is 0 Å². The van der Waals surface area contributed by atoms with Gasteiger partial charge in [-0.25, -0.2) is 0 Å². The normalized spacial score (nSPS) is 10.4. The van der Waals surface area contributed by atoms with Crippen molar-refractivity contribution in [3.05, 3.63) is 72.1 Å². The molecule has 0 unspecified atom stereocenters. The highest BCUT2D eigenvalue weighted by Gasteiger charge is 2.15. The Morgan fingerprint density at radius 3 is 2.79 bits per heavy atom. The maximum Gasteiger partial charge on any atom is 0.274 e. The van der Waals surface area contributed by atoms with Crippen LogP contribution in [0.15, 0.2) is 45.8 Å². The molecule has 7 heteroatoms. The lowest BCUT2D eigenvalue weighted by Gasteiger charge is -2.07. The van der Waals surface area contributed by atoms with Gasteiger partial charge in [0, 0.05) is 17.3 Å². The molecule has 0 aliphatic rings. The van der Waals surface area contributed by atoms with Crippen molar-refractivity contribution >= 4 is 33.2 Å². The highest BCUT2D eigenvalue weighted by atomic mass is 79.9. The van der Waals surface area contributed by atoms with E-state index in [1.807, 2.05) is 0 Å². The Morgan fingerprint density at radius 1 is 1.37 bits per heavy atom. The molecule has 0 atom stereocenters. The summed E-state index contributed by atoms with van der Waals surface area (Å²) in [5, 5.41) is 11.3. The van der Waals surface area contributed by atoms with Crippen LogP contribution in [0.4, 0.5) is 5.69 Å². The van der Waals surface area contributed by atoms with Crippen molar-refractivity contribution in [1.29, 1.82) is 0 Å². The molecule has 2 rings (SSSR count). The molecule has 2 aromatic rings. The molecule has 0 amide bonds. The van der Waals surface area contributed by atoms with Crippen LogP contribution in [0.3, 0.4) is 0 Å². The van der Waals surface area contributed by atoms with Gasteiger partial charge in [0.15, 0.2) is 0 Å². The number of pyridine rings is 1. The standard InChI is InChI=1S/C12H8BrClN2O3/c13-10-2-1-5-15(12(10)17)7-8-6-9(14)3-4-11(8)16(18)19/h1-6H,7H2. The van der Waals surface area contributed by atoms with Crippen molar-refractivity contribution in [3.63, 3.8) is 0 Å². The molecule has 0 bridgehead atoms. The Morgan fingerprint density at radius 2 is 2.11 bits per heavy atom. The molecule has 0 aliphatic heterocycles. The second kappa shape index (κ2) is 5.54. The Balaban J connectivity index is 2.48. The number of halogens is 2. The van der Waals surface area contributed by atoms with Gasteiger partial charge in [0.05, 0.1) is 21.5 Å². The Kier molecular flexibility index (Phi) is 4.01. The summed E-state index contributed by atoms with van der Waals surface area (Å²) in [7, 11) is 0. The summed E-state index contributed by atoms with van der Waals surface area (Å²) in [5.74, 6) is 0. The lowest BCUT2D eigenvalue weighted by Crippen LogP contribution is -2.20. The third-order valence-electron chi connectivity index (χ3n) is 2.55. The van der Waals surface area contributed by atoms with E-state index in [9.17, 15) is 14.9 Å². The molecule has 0 aliphatic carbocycles. The number of aromatic nitrogens is 1. The van der Waals surface area contributed by atoms with Crippen LogP contribution in [0.1, 0.15) is 5.56 Å². The fraction of sp³-hybridized carbons (Fsp3) is 0.0833. The largest absolute Gasteiger partial charge is 0.310 e. The molecule has 98 valence electrons. The van der Waals surface area contributed by atoms with Gasteiger partial charge in [-0.15, -0.1) is 0 Å². The maximum absolute atomic E-state index is 11.9. The van der Waals surface area contributed by atoms with Crippen LogP contribution in [0.5, 0.6) is 0 Å². The fourth-order valence-electron chi connectivity index (χ4n) is 1.67. The first kappa shape index (κ1) is 13.8. The number of hydrogen-bond donors (Lipinski definition) is 0. The Hall–Kier alpha value is -1.66. The molecular weight excluding hydrogens is 336 g/mol. The van der Waals surface area contributed by atoms with Crippen molar-refractivity contribution in [2.45, 2.75) is 6.54 Å². The third-order valence-corrected chi connectivity index (χ3v) is 3.39. The average Bonchev–Trinajstić information content (AvgIpc) is 2.35. The van der Waals surface area contributed by atoms with Crippen LogP contribution >= 0.6 is 27.5 Å². The van der Waals surface area contributed by atoms with Crippen molar-refractivity contribution in [1.82, 2.24) is 4.57 Å². The number of benzene rings is 1. The van der Waals surface area contributed by atoms with Crippen molar-refractivity contribution in [3.8, 4) is 0 Å². The van der Waals surface area contributed by atoms with E-state index in [4.69, 9.17) is 11.6 Å². The number of nitro groups is 1. The monoisotopic (exact) mass is 342 g/mol. The van der Waals surface area contributed by atoms with Gasteiger partial charge in [0.25, 0.3) is 11.2 Å². The Bertz CT molecular complexity index is 700. The zero-order valence-corrected chi connectivity index (χ0v) is 11.9. The maximum atomic E-state index is 11.9. The SMILES string of the molecule is O=c1c(Br)cccn1Cc1cc(Cl)ccc1[N+](=O)[O-]. The first-order valence-corrected chi connectivity index (χ1v) is 6.44. The van der Waals surface area contributed by atoms with E-state index in [0.29, 0.717) is 15.1 Å². The van der Waals surface area contributed by atoms with Gasteiger partial charge in [-0.2, -0.15) is 0 Å². The van der Waals surface area contributed by atoms with Crippen LogP contribution in [-0.4, -0.2) is 9.49 Å². The second-order valence-corrected chi connectivity index (χ2v) is 5.11. The highest BCUT2D eigenvalue weighted by molar-refractivity contribution is 9.10. The summed E-state index contributed by atoms with van der Waals surface area (Å²) in [4.78, 5) is 22.3. The molecule has 0 saturated heterocycles. The summed E-state index contributed by atoms with van der Waals surface area (Å²) < 4.78 is 1.78. The summed E-state index contributed by atoms with van der Waals surface area (Å²) in [5.41, 5.74) is 0.0748. The molecular formula is C12H8BrClN2O3. The summed E-state index contributed by atoms with van der Waals surface area (Å²) >= 11 is 8.97. The molecule has 0 saturated carbocycles. The third kappa shape index (κ3) is 3.02. The van der Waals surface area contributed by atoms with Gasteiger partial charge < -0.3 is 4.57 Å². The van der Waals surface area contributed by atoms with Gasteiger partial charge in [-0.3, -0.25) is 14.9 Å². The lowest BCUT2D eigenvalue weighted by molar-refractivity contribution is -0.385. The van der Waals surface area contributed by atoms with Crippen LogP contribution in [0, 0.1) is 10.1 Å². The Labute approximate surface area is 121 Å². The van der Waals surface area contributed by atoms with Crippen LogP contribution in [0.2, 0.25) is 5.02 Å².